The van der Waals surface area contributed by atoms with Gasteiger partial charge < -0.3 is 34.5 Å². The van der Waals surface area contributed by atoms with Crippen LogP contribution in [0.1, 0.15) is 76.8 Å². The van der Waals surface area contributed by atoms with E-state index < -0.39 is 42.5 Å². The van der Waals surface area contributed by atoms with E-state index in [0.717, 1.165) is 57.2 Å². The van der Waals surface area contributed by atoms with Crippen LogP contribution in [0.15, 0.2) is 30.3 Å². The van der Waals surface area contributed by atoms with E-state index in [1.807, 2.05) is 30.3 Å². The van der Waals surface area contributed by atoms with Crippen LogP contribution in [0.2, 0.25) is 0 Å². The zero-order chi connectivity index (χ0) is 26.7. The van der Waals surface area contributed by atoms with Gasteiger partial charge in [0.25, 0.3) is 0 Å². The molecule has 9 heteroatoms. The van der Waals surface area contributed by atoms with Crippen molar-refractivity contribution >= 4 is 5.91 Å². The average molecular weight is 533 g/mol. The number of benzene rings is 1. The molecule has 1 amide bonds. The van der Waals surface area contributed by atoms with E-state index in [-0.39, 0.29) is 24.7 Å². The number of hydrogen-bond donors (Lipinski definition) is 3. The number of nitrogens with one attached hydrogen (secondary N) is 1. The van der Waals surface area contributed by atoms with Crippen molar-refractivity contribution in [2.45, 2.75) is 120 Å². The highest BCUT2D eigenvalue weighted by molar-refractivity contribution is 5.73. The number of aliphatic hydroxyl groups is 2. The average Bonchev–Trinajstić information content (AvgIpc) is 2.92. The van der Waals surface area contributed by atoms with Crippen LogP contribution in [0.25, 0.3) is 0 Å². The van der Waals surface area contributed by atoms with E-state index in [1.165, 1.54) is 19.8 Å². The Labute approximate surface area is 225 Å². The lowest BCUT2D eigenvalue weighted by molar-refractivity contribution is -0.373. The van der Waals surface area contributed by atoms with Gasteiger partial charge in [0.2, 0.25) is 5.91 Å². The predicted molar refractivity (Wildman–Crippen MR) is 140 cm³/mol. The van der Waals surface area contributed by atoms with Gasteiger partial charge in [-0.3, -0.25) is 9.69 Å². The second-order valence-corrected chi connectivity index (χ2v) is 11.6. The maximum absolute atomic E-state index is 12.1. The zero-order valence-electron chi connectivity index (χ0n) is 22.7. The molecule has 5 rings (SSSR count). The van der Waals surface area contributed by atoms with Gasteiger partial charge in [-0.25, -0.2) is 0 Å². The summed E-state index contributed by atoms with van der Waals surface area (Å²) in [6.45, 7) is 5.07. The number of rotatable bonds is 7. The Bertz CT molecular complexity index is 903. The lowest BCUT2D eigenvalue weighted by Crippen LogP contribution is -2.69. The number of nitrogens with zero attached hydrogens (tertiary/aromatic N) is 1. The summed E-state index contributed by atoms with van der Waals surface area (Å²) in [6.07, 6.45) is 4.36. The number of aliphatic hydroxyl groups excluding tert-OH is 1. The molecule has 3 aliphatic heterocycles. The Morgan fingerprint density at radius 2 is 1.76 bits per heavy atom. The highest BCUT2D eigenvalue weighted by Gasteiger charge is 2.55. The lowest BCUT2D eigenvalue weighted by Gasteiger charge is -2.52. The van der Waals surface area contributed by atoms with Gasteiger partial charge in [0.05, 0.1) is 18.8 Å². The van der Waals surface area contributed by atoms with Gasteiger partial charge in [-0.1, -0.05) is 56.0 Å². The molecule has 38 heavy (non-hydrogen) atoms. The van der Waals surface area contributed by atoms with Crippen molar-refractivity contribution in [3.05, 3.63) is 35.9 Å². The molecule has 0 bridgehead atoms. The monoisotopic (exact) mass is 532 g/mol. The van der Waals surface area contributed by atoms with Crippen molar-refractivity contribution in [3.63, 3.8) is 0 Å². The lowest BCUT2D eigenvalue weighted by atomic mass is 9.85. The third-order valence-corrected chi connectivity index (χ3v) is 8.52. The molecule has 1 aromatic carbocycles. The summed E-state index contributed by atoms with van der Waals surface area (Å²) in [5.74, 6) is -0.279. The van der Waals surface area contributed by atoms with Crippen LogP contribution in [0.4, 0.5) is 0 Å². The molecule has 3 saturated heterocycles. The van der Waals surface area contributed by atoms with Crippen LogP contribution in [0, 0.1) is 0 Å². The number of amides is 1. The molecule has 4 fully saturated rings. The van der Waals surface area contributed by atoms with Crippen LogP contribution in [-0.2, 0) is 23.7 Å². The SMILES string of the molecule is CC(=O)N[C@H]1[C@H](OC2CCCCC2)O[C@@H]2CO[C@@H]([C@](C)(O)[C@@H](c3ccccc3)N3CCCCC3)O[C@H]2[C@@H]1O. The summed E-state index contributed by atoms with van der Waals surface area (Å²) >= 11 is 0. The number of piperidine rings is 1. The molecule has 0 spiro atoms. The van der Waals surface area contributed by atoms with Gasteiger partial charge in [-0.05, 0) is 51.3 Å². The first kappa shape index (κ1) is 28.0. The minimum atomic E-state index is -1.41. The standard InChI is InChI=1S/C29H44N2O7/c1-19(32)30-23-24(33)25-22(37-27(23)36-21-14-8-4-9-15-21)18-35-28(38-25)29(2,34)26(20-12-6-3-7-13-20)31-16-10-5-11-17-31/h3,6-7,12-13,21-28,33-34H,4-5,8-11,14-18H2,1-2H3,(H,30,32)/t22-,23-,24-,25-,26-,27-,28-,29-/m1/s1. The zero-order valence-corrected chi connectivity index (χ0v) is 22.7. The van der Waals surface area contributed by atoms with Crippen LogP contribution in [0.3, 0.4) is 0 Å². The molecule has 0 unspecified atom stereocenters. The molecule has 3 heterocycles. The molecular formula is C29H44N2O7. The summed E-state index contributed by atoms with van der Waals surface area (Å²) in [4.78, 5) is 14.4. The Morgan fingerprint density at radius 1 is 1.08 bits per heavy atom. The first-order valence-electron chi connectivity index (χ1n) is 14.4. The van der Waals surface area contributed by atoms with E-state index in [9.17, 15) is 15.0 Å². The van der Waals surface area contributed by atoms with Crippen LogP contribution < -0.4 is 5.32 Å². The highest BCUT2D eigenvalue weighted by Crippen LogP contribution is 2.41. The Kier molecular flexibility index (Phi) is 9.04. The second kappa shape index (κ2) is 12.3. The van der Waals surface area contributed by atoms with E-state index in [1.54, 1.807) is 6.92 Å². The minimum Gasteiger partial charge on any atom is -0.388 e. The molecule has 212 valence electrons. The van der Waals surface area contributed by atoms with Gasteiger partial charge in [-0.2, -0.15) is 0 Å². The summed E-state index contributed by atoms with van der Waals surface area (Å²) < 4.78 is 25.0. The molecule has 9 nitrogen and oxygen atoms in total. The Hall–Kier alpha value is -1.59. The maximum Gasteiger partial charge on any atom is 0.217 e. The molecule has 1 saturated carbocycles. The second-order valence-electron chi connectivity index (χ2n) is 11.6. The molecule has 1 aromatic rings. The van der Waals surface area contributed by atoms with Crippen LogP contribution in [0.5, 0.6) is 0 Å². The van der Waals surface area contributed by atoms with Crippen molar-refractivity contribution in [2.75, 3.05) is 19.7 Å². The van der Waals surface area contributed by atoms with Crippen molar-refractivity contribution in [1.82, 2.24) is 10.2 Å². The number of hydrogen-bond acceptors (Lipinski definition) is 8. The number of likely N-dealkylation sites (tertiary alicyclic amines) is 1. The first-order valence-corrected chi connectivity index (χ1v) is 14.4. The number of fused-ring (bicyclic) bond motifs is 1. The summed E-state index contributed by atoms with van der Waals surface area (Å²) in [5, 5.41) is 26.3. The number of carbonyl (C=O) groups excluding carboxylic acids is 1. The van der Waals surface area contributed by atoms with Gasteiger partial charge in [0, 0.05) is 6.92 Å². The smallest absolute Gasteiger partial charge is 0.217 e. The largest absolute Gasteiger partial charge is 0.388 e. The summed E-state index contributed by atoms with van der Waals surface area (Å²) in [7, 11) is 0. The first-order chi connectivity index (χ1) is 18.3. The molecule has 0 aromatic heterocycles. The molecule has 3 N–H and O–H groups in total. The number of carbonyl (C=O) groups is 1. The third-order valence-electron chi connectivity index (χ3n) is 8.52. The third kappa shape index (κ3) is 6.09. The summed E-state index contributed by atoms with van der Waals surface area (Å²) in [5.41, 5.74) is -0.422. The Balaban J connectivity index is 1.35. The van der Waals surface area contributed by atoms with E-state index in [0.29, 0.717) is 0 Å². The normalized spacial score (nSPS) is 35.6. The fraction of sp³-hybridized carbons (Fsp3) is 0.759. The van der Waals surface area contributed by atoms with Crippen molar-refractivity contribution in [1.29, 1.82) is 0 Å². The fourth-order valence-corrected chi connectivity index (χ4v) is 6.65. The summed E-state index contributed by atoms with van der Waals surface area (Å²) in [6, 6.07) is 8.84. The van der Waals surface area contributed by atoms with Gasteiger partial charge in [0.15, 0.2) is 12.6 Å². The fourth-order valence-electron chi connectivity index (χ4n) is 6.65. The van der Waals surface area contributed by atoms with Crippen molar-refractivity contribution < 1.29 is 34.0 Å². The van der Waals surface area contributed by atoms with E-state index in [4.69, 9.17) is 18.9 Å². The van der Waals surface area contributed by atoms with Crippen LogP contribution >= 0.6 is 0 Å². The molecule has 0 radical (unpaired) electrons. The highest BCUT2D eigenvalue weighted by atomic mass is 16.8. The number of ether oxygens (including phenoxy) is 4. The van der Waals surface area contributed by atoms with E-state index >= 15 is 0 Å². The van der Waals surface area contributed by atoms with Crippen LogP contribution in [-0.4, -0.2) is 89.4 Å². The van der Waals surface area contributed by atoms with Gasteiger partial charge in [0.1, 0.15) is 30.0 Å². The minimum absolute atomic E-state index is 0.0313. The predicted octanol–water partition coefficient (Wildman–Crippen LogP) is 2.65. The van der Waals surface area contributed by atoms with E-state index in [2.05, 4.69) is 10.2 Å². The molecule has 1 aliphatic carbocycles. The van der Waals surface area contributed by atoms with Crippen molar-refractivity contribution in [2.24, 2.45) is 0 Å². The maximum atomic E-state index is 12.1. The molecular weight excluding hydrogens is 488 g/mol. The topological polar surface area (TPSA) is 110 Å². The quantitative estimate of drug-likeness (QED) is 0.492. The molecule has 8 atom stereocenters. The van der Waals surface area contributed by atoms with Gasteiger partial charge in [-0.15, -0.1) is 0 Å². The van der Waals surface area contributed by atoms with Gasteiger partial charge >= 0.3 is 0 Å². The molecule has 4 aliphatic rings. The van der Waals surface area contributed by atoms with Crippen molar-refractivity contribution in [3.8, 4) is 0 Å². The Morgan fingerprint density at radius 3 is 2.45 bits per heavy atom.